The summed E-state index contributed by atoms with van der Waals surface area (Å²) in [6.45, 7) is 3.87. The smallest absolute Gasteiger partial charge is 0.253 e. The molecule has 0 unspecified atom stereocenters. The van der Waals surface area contributed by atoms with Crippen molar-refractivity contribution in [2.24, 2.45) is 0 Å². The van der Waals surface area contributed by atoms with Gasteiger partial charge in [-0.05, 0) is 33.4 Å². The zero-order valence-corrected chi connectivity index (χ0v) is 36.1. The topological polar surface area (TPSA) is 114 Å². The van der Waals surface area contributed by atoms with Gasteiger partial charge in [0.1, 0.15) is 11.7 Å². The van der Waals surface area contributed by atoms with Gasteiger partial charge in [-0.2, -0.15) is 9.90 Å². The number of carbonyl (C=O) groups is 2. The van der Waals surface area contributed by atoms with Gasteiger partial charge in [-0.1, -0.05) is 216 Å². The third-order valence-electron chi connectivity index (χ3n) is 10.0. The minimum Gasteiger partial charge on any atom is -0.475 e. The molecule has 312 valence electrons. The third kappa shape index (κ3) is 9.88. The van der Waals surface area contributed by atoms with Crippen LogP contribution in [-0.2, 0) is 20.7 Å². The molecule has 0 saturated heterocycles. The van der Waals surface area contributed by atoms with E-state index in [9.17, 15) is 9.59 Å². The van der Waals surface area contributed by atoms with Crippen molar-refractivity contribution in [3.05, 3.63) is 228 Å². The standard InChI is InChI=1S/2C25H23N3O2S/c1-20(29)31-18-17-30-24-19-28(27-26-24)25(21-11-5-2-6-12-21,22-13-7-3-8-14-22)23-15-9-4-10-16-23;1-20(29)31-18-17-30-24-19-26-28(27-24)25(21-11-5-2-6-12-21,22-13-7-3-8-14-22)23-15-9-4-10-16-23/h2*2-16,19H,17-18H2,1H3. The maximum Gasteiger partial charge on any atom is 0.253 e. The lowest BCUT2D eigenvalue weighted by molar-refractivity contribution is -0.109. The van der Waals surface area contributed by atoms with Crippen molar-refractivity contribution in [1.82, 2.24) is 30.0 Å². The molecule has 2 aromatic heterocycles. The van der Waals surface area contributed by atoms with Gasteiger partial charge in [-0.3, -0.25) is 9.59 Å². The molecule has 2 heterocycles. The monoisotopic (exact) mass is 858 g/mol. The Morgan fingerprint density at radius 2 is 0.839 bits per heavy atom. The van der Waals surface area contributed by atoms with Crippen molar-refractivity contribution in [3.8, 4) is 11.8 Å². The first kappa shape index (κ1) is 43.3. The summed E-state index contributed by atoms with van der Waals surface area (Å²) in [4.78, 5) is 24.0. The zero-order chi connectivity index (χ0) is 43.0. The number of nitrogens with zero attached hydrogens (tertiary/aromatic N) is 6. The molecule has 6 aromatic carbocycles. The van der Waals surface area contributed by atoms with Gasteiger partial charge in [0, 0.05) is 25.4 Å². The van der Waals surface area contributed by atoms with Gasteiger partial charge in [0.2, 0.25) is 0 Å². The molecule has 0 spiro atoms. The highest BCUT2D eigenvalue weighted by Gasteiger charge is 2.41. The molecule has 0 fully saturated rings. The number of hydrogen-bond donors (Lipinski definition) is 0. The van der Waals surface area contributed by atoms with E-state index < -0.39 is 11.1 Å². The third-order valence-corrected chi connectivity index (χ3v) is 11.6. The van der Waals surface area contributed by atoms with E-state index in [1.54, 1.807) is 24.8 Å². The van der Waals surface area contributed by atoms with Crippen LogP contribution in [0.5, 0.6) is 11.8 Å². The van der Waals surface area contributed by atoms with Crippen molar-refractivity contribution in [3.63, 3.8) is 0 Å². The molecule has 0 N–H and O–H groups in total. The van der Waals surface area contributed by atoms with E-state index in [-0.39, 0.29) is 10.2 Å². The molecule has 0 atom stereocenters. The molecular weight excluding hydrogens is 813 g/mol. The predicted molar refractivity (Wildman–Crippen MR) is 247 cm³/mol. The first-order chi connectivity index (χ1) is 30.4. The van der Waals surface area contributed by atoms with Crippen molar-refractivity contribution in [2.45, 2.75) is 24.9 Å². The first-order valence-electron chi connectivity index (χ1n) is 20.1. The highest BCUT2D eigenvalue weighted by Crippen LogP contribution is 2.42. The SMILES string of the molecule is CC(=O)SCCOc1cn(C(c2ccccc2)(c2ccccc2)c2ccccc2)nn1.CC(=O)SCCOc1cnn(C(c2ccccc2)(c2ccccc2)c2ccccc2)n1. The molecule has 0 radical (unpaired) electrons. The summed E-state index contributed by atoms with van der Waals surface area (Å²) in [5, 5.41) is 18.3. The lowest BCUT2D eigenvalue weighted by atomic mass is 9.77. The molecular formula is C50H46N6O4S2. The molecule has 12 heteroatoms. The summed E-state index contributed by atoms with van der Waals surface area (Å²) < 4.78 is 13.4. The van der Waals surface area contributed by atoms with E-state index in [0.717, 1.165) is 33.4 Å². The van der Waals surface area contributed by atoms with Crippen LogP contribution in [0.3, 0.4) is 0 Å². The van der Waals surface area contributed by atoms with Gasteiger partial charge in [-0.15, -0.1) is 5.10 Å². The summed E-state index contributed by atoms with van der Waals surface area (Å²) in [6.07, 6.45) is 3.45. The molecule has 62 heavy (non-hydrogen) atoms. The molecule has 0 amide bonds. The van der Waals surface area contributed by atoms with E-state index in [2.05, 4.69) is 88.2 Å². The highest BCUT2D eigenvalue weighted by atomic mass is 32.2. The second-order valence-corrected chi connectivity index (χ2v) is 16.5. The largest absolute Gasteiger partial charge is 0.475 e. The van der Waals surface area contributed by atoms with Crippen LogP contribution in [0.25, 0.3) is 0 Å². The number of rotatable bonds is 16. The quantitative estimate of drug-likeness (QED) is 0.0688. The minimum atomic E-state index is -0.764. The lowest BCUT2D eigenvalue weighted by Crippen LogP contribution is -2.39. The molecule has 0 saturated carbocycles. The molecule has 0 aliphatic carbocycles. The second-order valence-electron chi connectivity index (χ2n) is 14.0. The van der Waals surface area contributed by atoms with Crippen molar-refractivity contribution < 1.29 is 19.1 Å². The Kier molecular flexibility index (Phi) is 14.8. The Morgan fingerprint density at radius 1 is 0.500 bits per heavy atom. The average Bonchev–Trinajstić information content (AvgIpc) is 4.00. The number of aromatic nitrogens is 6. The van der Waals surface area contributed by atoms with Gasteiger partial charge < -0.3 is 9.47 Å². The maximum atomic E-state index is 11.1. The van der Waals surface area contributed by atoms with Gasteiger partial charge in [0.25, 0.3) is 11.8 Å². The average molecular weight is 859 g/mol. The Labute approximate surface area is 370 Å². The number of hydrogen-bond acceptors (Lipinski definition) is 10. The van der Waals surface area contributed by atoms with Crippen LogP contribution in [0.1, 0.15) is 47.2 Å². The molecule has 0 bridgehead atoms. The molecule has 0 aliphatic rings. The van der Waals surface area contributed by atoms with Crippen LogP contribution in [-0.4, -0.2) is 64.9 Å². The van der Waals surface area contributed by atoms with Crippen LogP contribution in [0.15, 0.2) is 194 Å². The highest BCUT2D eigenvalue weighted by molar-refractivity contribution is 8.13. The van der Waals surface area contributed by atoms with Crippen LogP contribution in [0, 0.1) is 0 Å². The fraction of sp³-hybridized carbons (Fsp3) is 0.160. The van der Waals surface area contributed by atoms with Crippen molar-refractivity contribution >= 4 is 33.8 Å². The Morgan fingerprint density at radius 3 is 1.19 bits per heavy atom. The molecule has 0 aliphatic heterocycles. The van der Waals surface area contributed by atoms with Crippen LogP contribution >= 0.6 is 23.5 Å². The van der Waals surface area contributed by atoms with E-state index >= 15 is 0 Å². The summed E-state index contributed by atoms with van der Waals surface area (Å²) in [7, 11) is 0. The summed E-state index contributed by atoms with van der Waals surface area (Å²) >= 11 is 2.47. The van der Waals surface area contributed by atoms with E-state index in [1.807, 2.05) is 120 Å². The molecule has 10 nitrogen and oxygen atoms in total. The maximum absolute atomic E-state index is 11.1. The zero-order valence-electron chi connectivity index (χ0n) is 34.4. The number of ether oxygens (including phenoxy) is 2. The van der Waals surface area contributed by atoms with Gasteiger partial charge in [0.15, 0.2) is 15.8 Å². The fourth-order valence-corrected chi connectivity index (χ4v) is 8.35. The predicted octanol–water partition coefficient (Wildman–Crippen LogP) is 9.55. The summed E-state index contributed by atoms with van der Waals surface area (Å²) in [6, 6.07) is 61.5. The normalized spacial score (nSPS) is 11.3. The van der Waals surface area contributed by atoms with E-state index in [4.69, 9.17) is 14.6 Å². The first-order valence-corrected chi connectivity index (χ1v) is 22.1. The van der Waals surface area contributed by atoms with Crippen molar-refractivity contribution in [1.29, 1.82) is 0 Å². The Hall–Kier alpha value is -6.76. The second kappa shape index (κ2) is 21.2. The van der Waals surface area contributed by atoms with Gasteiger partial charge in [-0.25, -0.2) is 4.68 Å². The van der Waals surface area contributed by atoms with Crippen LogP contribution in [0.2, 0.25) is 0 Å². The molecule has 8 aromatic rings. The number of carbonyl (C=O) groups excluding carboxylic acids is 2. The van der Waals surface area contributed by atoms with Crippen LogP contribution in [0.4, 0.5) is 0 Å². The van der Waals surface area contributed by atoms with Crippen molar-refractivity contribution in [2.75, 3.05) is 24.7 Å². The number of thioether (sulfide) groups is 2. The summed E-state index contributed by atoms with van der Waals surface area (Å²) in [5.74, 6) is 2.00. The Balaban J connectivity index is 0.000000186. The lowest BCUT2D eigenvalue weighted by Gasteiger charge is -2.35. The van der Waals surface area contributed by atoms with E-state index in [1.165, 1.54) is 23.5 Å². The minimum absolute atomic E-state index is 0.0727. The Bertz CT molecular complexity index is 2220. The summed E-state index contributed by atoms with van der Waals surface area (Å²) in [5.41, 5.74) is 4.85. The van der Waals surface area contributed by atoms with Gasteiger partial charge >= 0.3 is 0 Å². The van der Waals surface area contributed by atoms with E-state index in [0.29, 0.717) is 36.5 Å². The van der Waals surface area contributed by atoms with Crippen LogP contribution < -0.4 is 9.47 Å². The van der Waals surface area contributed by atoms with Gasteiger partial charge in [0.05, 0.1) is 19.4 Å². The molecule has 8 rings (SSSR count). The fourth-order valence-electron chi connectivity index (χ4n) is 7.44. The number of benzene rings is 6.